The van der Waals surface area contributed by atoms with Crippen LogP contribution in [0.15, 0.2) is 84.9 Å². The lowest BCUT2D eigenvalue weighted by Crippen LogP contribution is -2.28. The van der Waals surface area contributed by atoms with E-state index in [1.54, 1.807) is 18.2 Å². The average Bonchev–Trinajstić information content (AvgIpc) is 2.74. The van der Waals surface area contributed by atoms with E-state index in [0.29, 0.717) is 24.1 Å². The van der Waals surface area contributed by atoms with Crippen molar-refractivity contribution in [2.45, 2.75) is 25.8 Å². The van der Waals surface area contributed by atoms with E-state index in [1.165, 1.54) is 0 Å². The van der Waals surface area contributed by atoms with Gasteiger partial charge in [0.15, 0.2) is 0 Å². The zero-order valence-electron chi connectivity index (χ0n) is 15.9. The molecule has 0 saturated heterocycles. The zero-order valence-corrected chi connectivity index (χ0v) is 15.9. The molecule has 0 radical (unpaired) electrons. The van der Waals surface area contributed by atoms with Gasteiger partial charge in [0.25, 0.3) is 5.91 Å². The second kappa shape index (κ2) is 9.51. The van der Waals surface area contributed by atoms with Crippen LogP contribution in [0.1, 0.15) is 40.9 Å². The highest BCUT2D eigenvalue weighted by molar-refractivity contribution is 6.03. The summed E-state index contributed by atoms with van der Waals surface area (Å²) < 4.78 is 0. The van der Waals surface area contributed by atoms with Crippen molar-refractivity contribution in [2.24, 2.45) is 0 Å². The highest BCUT2D eigenvalue weighted by Crippen LogP contribution is 2.18. The summed E-state index contributed by atoms with van der Waals surface area (Å²) >= 11 is 0. The minimum Gasteiger partial charge on any atom is -0.345 e. The van der Waals surface area contributed by atoms with Crippen LogP contribution in [0.5, 0.6) is 0 Å². The van der Waals surface area contributed by atoms with Crippen molar-refractivity contribution in [3.63, 3.8) is 0 Å². The summed E-state index contributed by atoms with van der Waals surface area (Å²) in [7, 11) is 0. The van der Waals surface area contributed by atoms with Crippen LogP contribution in [-0.2, 0) is 11.2 Å². The SMILES string of the molecule is C[C@@H](NC(=O)c1ccccc1NC(=O)CCc1ccccc1)c1ccccc1. The number of benzene rings is 3. The predicted molar refractivity (Wildman–Crippen MR) is 112 cm³/mol. The van der Waals surface area contributed by atoms with E-state index in [4.69, 9.17) is 0 Å². The Balaban J connectivity index is 1.63. The van der Waals surface area contributed by atoms with Gasteiger partial charge in [0, 0.05) is 6.42 Å². The number of carbonyl (C=O) groups is 2. The average molecular weight is 372 g/mol. The number of anilines is 1. The number of hydrogen-bond donors (Lipinski definition) is 2. The summed E-state index contributed by atoms with van der Waals surface area (Å²) in [5.41, 5.74) is 3.12. The normalized spacial score (nSPS) is 11.5. The zero-order chi connectivity index (χ0) is 19.8. The van der Waals surface area contributed by atoms with Gasteiger partial charge in [-0.15, -0.1) is 0 Å². The number of para-hydroxylation sites is 1. The molecule has 3 aromatic rings. The molecule has 0 aromatic heterocycles. The molecule has 2 N–H and O–H groups in total. The Bertz CT molecular complexity index is 924. The first kappa shape index (κ1) is 19.4. The first-order chi connectivity index (χ1) is 13.6. The number of amides is 2. The first-order valence-corrected chi connectivity index (χ1v) is 9.42. The third-order valence-electron chi connectivity index (χ3n) is 4.58. The van der Waals surface area contributed by atoms with Crippen LogP contribution in [-0.4, -0.2) is 11.8 Å². The maximum atomic E-state index is 12.7. The number of aryl methyl sites for hydroxylation is 1. The van der Waals surface area contributed by atoms with Crippen LogP contribution >= 0.6 is 0 Å². The van der Waals surface area contributed by atoms with E-state index < -0.39 is 0 Å². The lowest BCUT2D eigenvalue weighted by atomic mass is 10.1. The van der Waals surface area contributed by atoms with E-state index in [9.17, 15) is 9.59 Å². The van der Waals surface area contributed by atoms with Gasteiger partial charge in [-0.25, -0.2) is 0 Å². The molecule has 3 aromatic carbocycles. The molecule has 0 unspecified atom stereocenters. The molecule has 142 valence electrons. The Kier molecular flexibility index (Phi) is 6.58. The van der Waals surface area contributed by atoms with Crippen LogP contribution in [0, 0.1) is 0 Å². The Hall–Kier alpha value is -3.40. The van der Waals surface area contributed by atoms with Crippen molar-refractivity contribution in [1.82, 2.24) is 5.32 Å². The second-order valence-corrected chi connectivity index (χ2v) is 6.69. The molecule has 4 nitrogen and oxygen atoms in total. The van der Waals surface area contributed by atoms with Crippen LogP contribution in [0.25, 0.3) is 0 Å². The van der Waals surface area contributed by atoms with Gasteiger partial charge in [-0.05, 0) is 36.6 Å². The predicted octanol–water partition coefficient (Wildman–Crippen LogP) is 4.75. The fourth-order valence-corrected chi connectivity index (χ4v) is 3.00. The van der Waals surface area contributed by atoms with E-state index in [-0.39, 0.29) is 17.9 Å². The Labute approximate surface area is 165 Å². The molecule has 0 spiro atoms. The van der Waals surface area contributed by atoms with Crippen LogP contribution < -0.4 is 10.6 Å². The van der Waals surface area contributed by atoms with Gasteiger partial charge in [0.2, 0.25) is 5.91 Å². The summed E-state index contributed by atoms with van der Waals surface area (Å²) in [4.78, 5) is 25.1. The molecule has 0 bridgehead atoms. The van der Waals surface area contributed by atoms with E-state index >= 15 is 0 Å². The molecule has 0 aliphatic heterocycles. The van der Waals surface area contributed by atoms with Crippen molar-refractivity contribution >= 4 is 17.5 Å². The van der Waals surface area contributed by atoms with Crippen molar-refractivity contribution in [3.8, 4) is 0 Å². The first-order valence-electron chi connectivity index (χ1n) is 9.42. The molecule has 0 heterocycles. The summed E-state index contributed by atoms with van der Waals surface area (Å²) in [5.74, 6) is -0.324. The van der Waals surface area contributed by atoms with Gasteiger partial charge in [-0.2, -0.15) is 0 Å². The van der Waals surface area contributed by atoms with Gasteiger partial charge in [0.05, 0.1) is 17.3 Å². The molecule has 2 amide bonds. The minimum absolute atomic E-state index is 0.111. The van der Waals surface area contributed by atoms with Gasteiger partial charge < -0.3 is 10.6 Å². The van der Waals surface area contributed by atoms with Crippen molar-refractivity contribution in [3.05, 3.63) is 102 Å². The topological polar surface area (TPSA) is 58.2 Å². The van der Waals surface area contributed by atoms with Crippen molar-refractivity contribution < 1.29 is 9.59 Å². The van der Waals surface area contributed by atoms with Crippen LogP contribution in [0.2, 0.25) is 0 Å². The quantitative estimate of drug-likeness (QED) is 0.629. The number of rotatable bonds is 7. The smallest absolute Gasteiger partial charge is 0.253 e. The molecule has 0 aliphatic carbocycles. The van der Waals surface area contributed by atoms with Gasteiger partial charge in [-0.1, -0.05) is 72.8 Å². The summed E-state index contributed by atoms with van der Waals surface area (Å²) in [6.45, 7) is 1.94. The Morgan fingerprint density at radius 1 is 0.821 bits per heavy atom. The van der Waals surface area contributed by atoms with E-state index in [0.717, 1.165) is 11.1 Å². The molecule has 0 saturated carbocycles. The molecular formula is C24H24N2O2. The molecule has 0 fully saturated rings. The summed E-state index contributed by atoms with van der Waals surface area (Å²) in [5, 5.41) is 5.87. The lowest BCUT2D eigenvalue weighted by Gasteiger charge is -2.16. The van der Waals surface area contributed by atoms with E-state index in [2.05, 4.69) is 10.6 Å². The monoisotopic (exact) mass is 372 g/mol. The Morgan fingerprint density at radius 2 is 1.43 bits per heavy atom. The standard InChI is InChI=1S/C24H24N2O2/c1-18(20-12-6-3-7-13-20)25-24(28)21-14-8-9-15-22(21)26-23(27)17-16-19-10-4-2-5-11-19/h2-15,18H,16-17H2,1H3,(H,25,28)(H,26,27)/t18-/m1/s1. The highest BCUT2D eigenvalue weighted by atomic mass is 16.2. The number of nitrogens with one attached hydrogen (secondary N) is 2. The largest absolute Gasteiger partial charge is 0.345 e. The number of hydrogen-bond acceptors (Lipinski definition) is 2. The third kappa shape index (κ3) is 5.30. The van der Waals surface area contributed by atoms with Crippen molar-refractivity contribution in [2.75, 3.05) is 5.32 Å². The van der Waals surface area contributed by atoms with Crippen LogP contribution in [0.4, 0.5) is 5.69 Å². The van der Waals surface area contributed by atoms with Crippen LogP contribution in [0.3, 0.4) is 0 Å². The molecule has 0 aliphatic rings. The fraction of sp³-hybridized carbons (Fsp3) is 0.167. The Morgan fingerprint density at radius 3 is 2.14 bits per heavy atom. The lowest BCUT2D eigenvalue weighted by molar-refractivity contribution is -0.116. The third-order valence-corrected chi connectivity index (χ3v) is 4.58. The number of carbonyl (C=O) groups excluding carboxylic acids is 2. The molecule has 3 rings (SSSR count). The second-order valence-electron chi connectivity index (χ2n) is 6.69. The minimum atomic E-state index is -0.213. The fourth-order valence-electron chi connectivity index (χ4n) is 3.00. The molecular weight excluding hydrogens is 348 g/mol. The molecule has 28 heavy (non-hydrogen) atoms. The molecule has 1 atom stereocenters. The summed E-state index contributed by atoms with van der Waals surface area (Å²) in [6.07, 6.45) is 1.02. The van der Waals surface area contributed by atoms with Gasteiger partial charge in [0.1, 0.15) is 0 Å². The van der Waals surface area contributed by atoms with Crippen molar-refractivity contribution in [1.29, 1.82) is 0 Å². The highest BCUT2D eigenvalue weighted by Gasteiger charge is 2.16. The maximum absolute atomic E-state index is 12.7. The maximum Gasteiger partial charge on any atom is 0.253 e. The summed E-state index contributed by atoms with van der Waals surface area (Å²) in [6, 6.07) is 26.6. The van der Waals surface area contributed by atoms with Gasteiger partial charge in [-0.3, -0.25) is 9.59 Å². The van der Waals surface area contributed by atoms with E-state index in [1.807, 2.05) is 73.7 Å². The van der Waals surface area contributed by atoms with Gasteiger partial charge >= 0.3 is 0 Å². The molecule has 4 heteroatoms.